The molecule has 4 nitrogen and oxygen atoms in total. The van der Waals surface area contributed by atoms with Crippen molar-refractivity contribution in [3.63, 3.8) is 0 Å². The number of hydrogen-bond donors (Lipinski definition) is 3. The van der Waals surface area contributed by atoms with Gasteiger partial charge in [0.05, 0.1) is 10.5 Å². The van der Waals surface area contributed by atoms with Crippen molar-refractivity contribution in [1.29, 1.82) is 0 Å². The van der Waals surface area contributed by atoms with Crippen molar-refractivity contribution in [2.45, 2.75) is 0 Å². The second-order valence-electron chi connectivity index (χ2n) is 4.26. The molecule has 0 aliphatic carbocycles. The summed E-state index contributed by atoms with van der Waals surface area (Å²) in [5.41, 5.74) is 15.0. The maximum absolute atomic E-state index is 6.11. The van der Waals surface area contributed by atoms with Gasteiger partial charge in [-0.3, -0.25) is 0 Å². The van der Waals surface area contributed by atoms with Gasteiger partial charge in [-0.05, 0) is 30.3 Å². The van der Waals surface area contributed by atoms with Crippen LogP contribution in [0.15, 0.2) is 30.3 Å². The minimum absolute atomic E-state index is 0.502. The topological polar surface area (TPSA) is 80.7 Å². The van der Waals surface area contributed by atoms with Crippen LogP contribution >= 0.6 is 23.2 Å². The van der Waals surface area contributed by atoms with E-state index in [0.717, 1.165) is 11.1 Å². The highest BCUT2D eigenvalue weighted by Crippen LogP contribution is 2.30. The molecule has 0 radical (unpaired) electrons. The first kappa shape index (κ1) is 12.1. The minimum Gasteiger partial charge on any atom is -0.399 e. The van der Waals surface area contributed by atoms with Crippen LogP contribution in [0, 0.1) is 0 Å². The summed E-state index contributed by atoms with van der Waals surface area (Å²) in [7, 11) is 0. The number of nitrogens with two attached hydrogens (primary N) is 2. The Labute approximate surface area is 119 Å². The molecule has 0 aliphatic heterocycles. The van der Waals surface area contributed by atoms with Crippen molar-refractivity contribution < 1.29 is 0 Å². The molecule has 0 spiro atoms. The smallest absolute Gasteiger partial charge is 0.138 e. The van der Waals surface area contributed by atoms with E-state index in [0.29, 0.717) is 32.8 Å². The summed E-state index contributed by atoms with van der Waals surface area (Å²) in [5.74, 6) is 0.651. The predicted octanol–water partition coefficient (Wildman–Crippen LogP) is 3.70. The van der Waals surface area contributed by atoms with Crippen LogP contribution in [0.1, 0.15) is 0 Å². The highest BCUT2D eigenvalue weighted by molar-refractivity contribution is 6.38. The van der Waals surface area contributed by atoms with Gasteiger partial charge >= 0.3 is 0 Å². The number of fused-ring (bicyclic) bond motifs is 1. The number of imidazole rings is 1. The van der Waals surface area contributed by atoms with Crippen molar-refractivity contribution in [3.8, 4) is 11.4 Å². The van der Waals surface area contributed by atoms with E-state index in [4.69, 9.17) is 34.7 Å². The van der Waals surface area contributed by atoms with E-state index < -0.39 is 0 Å². The molecule has 19 heavy (non-hydrogen) atoms. The van der Waals surface area contributed by atoms with Crippen LogP contribution in [0.4, 0.5) is 11.4 Å². The Morgan fingerprint density at radius 2 is 1.63 bits per heavy atom. The van der Waals surface area contributed by atoms with Crippen molar-refractivity contribution in [2.24, 2.45) is 0 Å². The Morgan fingerprint density at radius 3 is 2.32 bits per heavy atom. The molecule has 5 N–H and O–H groups in total. The monoisotopic (exact) mass is 292 g/mol. The predicted molar refractivity (Wildman–Crippen MR) is 80.4 cm³/mol. The van der Waals surface area contributed by atoms with Crippen LogP contribution in [0.3, 0.4) is 0 Å². The van der Waals surface area contributed by atoms with Crippen molar-refractivity contribution in [2.75, 3.05) is 11.5 Å². The molecule has 96 valence electrons. The standard InChI is InChI=1S/C13H10Cl2N4/c14-7-3-10(15)12-11(4-7)18-13(19-12)6-1-8(16)5-9(17)2-6/h1-5H,16-17H2,(H,18,19). The number of nitrogens with zero attached hydrogens (tertiary/aromatic N) is 1. The zero-order chi connectivity index (χ0) is 13.6. The van der Waals surface area contributed by atoms with Crippen LogP contribution in [0.25, 0.3) is 22.4 Å². The third-order valence-electron chi connectivity index (χ3n) is 2.76. The summed E-state index contributed by atoms with van der Waals surface area (Å²) in [6.45, 7) is 0. The van der Waals surface area contributed by atoms with Crippen LogP contribution in [0.5, 0.6) is 0 Å². The second-order valence-corrected chi connectivity index (χ2v) is 5.10. The van der Waals surface area contributed by atoms with Crippen LogP contribution < -0.4 is 11.5 Å². The van der Waals surface area contributed by atoms with E-state index in [-0.39, 0.29) is 0 Å². The normalized spacial score (nSPS) is 11.1. The molecule has 0 bridgehead atoms. The second kappa shape index (κ2) is 4.33. The lowest BCUT2D eigenvalue weighted by Crippen LogP contribution is -1.92. The highest BCUT2D eigenvalue weighted by atomic mass is 35.5. The summed E-state index contributed by atoms with van der Waals surface area (Å²) < 4.78 is 0. The molecule has 0 amide bonds. The Balaban J connectivity index is 2.23. The summed E-state index contributed by atoms with van der Waals surface area (Å²) in [6.07, 6.45) is 0. The van der Waals surface area contributed by atoms with E-state index in [9.17, 15) is 0 Å². The average Bonchev–Trinajstić information content (AvgIpc) is 2.71. The number of hydrogen-bond acceptors (Lipinski definition) is 3. The van der Waals surface area contributed by atoms with Gasteiger partial charge in [0, 0.05) is 22.0 Å². The van der Waals surface area contributed by atoms with Gasteiger partial charge in [-0.15, -0.1) is 0 Å². The van der Waals surface area contributed by atoms with Crippen molar-refractivity contribution >= 4 is 45.6 Å². The van der Waals surface area contributed by atoms with E-state index in [1.54, 1.807) is 30.3 Å². The van der Waals surface area contributed by atoms with Gasteiger partial charge in [0.1, 0.15) is 11.3 Å². The number of aromatic amines is 1. The molecule has 0 saturated carbocycles. The van der Waals surface area contributed by atoms with Crippen molar-refractivity contribution in [1.82, 2.24) is 9.97 Å². The fourth-order valence-electron chi connectivity index (χ4n) is 1.99. The number of nitrogen functional groups attached to an aromatic ring is 2. The fourth-order valence-corrected chi connectivity index (χ4v) is 2.53. The number of benzene rings is 2. The molecule has 0 saturated heterocycles. The lowest BCUT2D eigenvalue weighted by molar-refractivity contribution is 1.34. The molecule has 0 aliphatic rings. The number of H-pyrrole nitrogens is 1. The molecule has 3 rings (SSSR count). The first-order chi connectivity index (χ1) is 9.02. The van der Waals surface area contributed by atoms with Gasteiger partial charge < -0.3 is 16.5 Å². The largest absolute Gasteiger partial charge is 0.399 e. The van der Waals surface area contributed by atoms with Crippen LogP contribution in [-0.2, 0) is 0 Å². The molecule has 1 aromatic heterocycles. The zero-order valence-corrected chi connectivity index (χ0v) is 11.3. The lowest BCUT2D eigenvalue weighted by Gasteiger charge is -2.01. The lowest BCUT2D eigenvalue weighted by atomic mass is 10.1. The van der Waals surface area contributed by atoms with Gasteiger partial charge in [-0.25, -0.2) is 4.98 Å². The van der Waals surface area contributed by atoms with Crippen molar-refractivity contribution in [3.05, 3.63) is 40.4 Å². The Kier molecular flexibility index (Phi) is 2.77. The minimum atomic E-state index is 0.502. The fraction of sp³-hybridized carbons (Fsp3) is 0. The van der Waals surface area contributed by atoms with E-state index in [2.05, 4.69) is 9.97 Å². The molecular weight excluding hydrogens is 283 g/mol. The number of aromatic nitrogens is 2. The molecule has 1 heterocycles. The van der Waals surface area contributed by atoms with Crippen LogP contribution in [-0.4, -0.2) is 9.97 Å². The maximum atomic E-state index is 6.11. The van der Waals surface area contributed by atoms with E-state index >= 15 is 0 Å². The third kappa shape index (κ3) is 2.20. The molecule has 0 atom stereocenters. The van der Waals surface area contributed by atoms with Crippen LogP contribution in [0.2, 0.25) is 10.0 Å². The third-order valence-corrected chi connectivity index (χ3v) is 3.26. The molecule has 0 unspecified atom stereocenters. The summed E-state index contributed by atoms with van der Waals surface area (Å²) in [6, 6.07) is 8.71. The summed E-state index contributed by atoms with van der Waals surface area (Å²) in [4.78, 5) is 7.61. The molecule has 3 aromatic rings. The SMILES string of the molecule is Nc1cc(N)cc(-c2nc3c(Cl)cc(Cl)cc3[nH]2)c1. The summed E-state index contributed by atoms with van der Waals surface area (Å²) in [5, 5.41) is 1.06. The van der Waals surface area contributed by atoms with Gasteiger partial charge in [0.2, 0.25) is 0 Å². The number of anilines is 2. The highest BCUT2D eigenvalue weighted by Gasteiger charge is 2.10. The maximum Gasteiger partial charge on any atom is 0.138 e. The average molecular weight is 293 g/mol. The number of nitrogens with one attached hydrogen (secondary N) is 1. The van der Waals surface area contributed by atoms with Gasteiger partial charge in [0.25, 0.3) is 0 Å². The molecular formula is C13H10Cl2N4. The summed E-state index contributed by atoms with van der Waals surface area (Å²) >= 11 is 12.1. The van der Waals surface area contributed by atoms with E-state index in [1.807, 2.05) is 0 Å². The number of rotatable bonds is 1. The van der Waals surface area contributed by atoms with Gasteiger partial charge in [0.15, 0.2) is 0 Å². The Bertz CT molecular complexity index is 759. The molecule has 2 aromatic carbocycles. The van der Waals surface area contributed by atoms with Gasteiger partial charge in [-0.2, -0.15) is 0 Å². The first-order valence-electron chi connectivity index (χ1n) is 5.54. The zero-order valence-electron chi connectivity index (χ0n) is 9.74. The van der Waals surface area contributed by atoms with E-state index in [1.165, 1.54) is 0 Å². The first-order valence-corrected chi connectivity index (χ1v) is 6.30. The Hall–Kier alpha value is -1.91. The quantitative estimate of drug-likeness (QED) is 0.598. The molecule has 6 heteroatoms. The van der Waals surface area contributed by atoms with Gasteiger partial charge in [-0.1, -0.05) is 23.2 Å². The number of halogens is 2. The molecule has 0 fully saturated rings. The Morgan fingerprint density at radius 1 is 0.947 bits per heavy atom.